The molecule has 0 aromatic heterocycles. The Bertz CT molecular complexity index is 762. The van der Waals surface area contributed by atoms with Crippen LogP contribution in [-0.2, 0) is 15.8 Å². The summed E-state index contributed by atoms with van der Waals surface area (Å²) in [4.78, 5) is 23.9. The van der Waals surface area contributed by atoms with Gasteiger partial charge in [-0.3, -0.25) is 14.5 Å². The smallest absolute Gasteiger partial charge is 0.416 e. The zero-order valence-electron chi connectivity index (χ0n) is 12.5. The summed E-state index contributed by atoms with van der Waals surface area (Å²) in [5.74, 6) is -2.51. The van der Waals surface area contributed by atoms with Crippen LogP contribution in [0.3, 0.4) is 0 Å². The van der Waals surface area contributed by atoms with Crippen LogP contribution in [0, 0.1) is 5.82 Å². The van der Waals surface area contributed by atoms with Crippen LogP contribution in [0.1, 0.15) is 24.0 Å². The van der Waals surface area contributed by atoms with Gasteiger partial charge in [-0.2, -0.15) is 13.2 Å². The van der Waals surface area contributed by atoms with E-state index in [9.17, 15) is 27.2 Å². The Kier molecular flexibility index (Phi) is 5.83. The van der Waals surface area contributed by atoms with Crippen molar-refractivity contribution in [2.24, 2.45) is 0 Å². The van der Waals surface area contributed by atoms with Gasteiger partial charge < -0.3 is 5.11 Å². The van der Waals surface area contributed by atoms with Gasteiger partial charge in [-0.05, 0) is 30.7 Å². The normalized spacial score (nSPS) is 16.8. The Morgan fingerprint density at radius 2 is 2.04 bits per heavy atom. The average Bonchev–Trinajstić information content (AvgIpc) is 2.75. The van der Waals surface area contributed by atoms with Crippen LogP contribution in [0.2, 0.25) is 0 Å². The predicted molar refractivity (Wildman–Crippen MR) is 88.2 cm³/mol. The molecule has 1 aliphatic heterocycles. The molecular formula is C15H11F4NO3S2. The van der Waals surface area contributed by atoms with Crippen molar-refractivity contribution in [3.05, 3.63) is 40.0 Å². The van der Waals surface area contributed by atoms with E-state index in [0.29, 0.717) is 18.2 Å². The van der Waals surface area contributed by atoms with Crippen molar-refractivity contribution in [3.8, 4) is 0 Å². The molecule has 4 nitrogen and oxygen atoms in total. The number of rotatable bonds is 5. The Morgan fingerprint density at radius 1 is 1.36 bits per heavy atom. The van der Waals surface area contributed by atoms with E-state index in [1.807, 2.05) is 0 Å². The first-order valence-electron chi connectivity index (χ1n) is 6.93. The van der Waals surface area contributed by atoms with Gasteiger partial charge in [0, 0.05) is 18.5 Å². The van der Waals surface area contributed by atoms with E-state index in [0.717, 1.165) is 22.7 Å². The average molecular weight is 393 g/mol. The largest absolute Gasteiger partial charge is 0.481 e. The van der Waals surface area contributed by atoms with Gasteiger partial charge in [0.2, 0.25) is 0 Å². The lowest BCUT2D eigenvalue weighted by molar-refractivity contribution is -0.138. The highest BCUT2D eigenvalue weighted by molar-refractivity contribution is 8.26. The lowest BCUT2D eigenvalue weighted by Crippen LogP contribution is -2.29. The number of carboxylic acid groups (broad SMARTS) is 1. The maximum Gasteiger partial charge on any atom is 0.416 e. The van der Waals surface area contributed by atoms with E-state index in [1.165, 1.54) is 0 Å². The zero-order chi connectivity index (χ0) is 18.8. The molecule has 2 rings (SSSR count). The number of hydrogen-bond acceptors (Lipinski definition) is 4. The maximum absolute atomic E-state index is 13.8. The quantitative estimate of drug-likeness (QED) is 0.467. The van der Waals surface area contributed by atoms with Crippen LogP contribution in [0.4, 0.5) is 17.6 Å². The fraction of sp³-hybridized carbons (Fsp3) is 0.267. The number of halogens is 4. The molecule has 0 aliphatic carbocycles. The van der Waals surface area contributed by atoms with Crippen molar-refractivity contribution in [2.75, 3.05) is 6.54 Å². The highest BCUT2D eigenvalue weighted by Crippen LogP contribution is 2.35. The molecule has 1 aromatic rings. The van der Waals surface area contributed by atoms with Gasteiger partial charge in [0.1, 0.15) is 10.1 Å². The summed E-state index contributed by atoms with van der Waals surface area (Å²) in [6.45, 7) is 0.0688. The second-order valence-corrected chi connectivity index (χ2v) is 6.74. The summed E-state index contributed by atoms with van der Waals surface area (Å²) in [6.07, 6.45) is -3.60. The number of aliphatic carboxylic acids is 1. The number of thioether (sulfide) groups is 1. The van der Waals surface area contributed by atoms with Gasteiger partial charge in [-0.25, -0.2) is 4.39 Å². The number of nitrogens with zero attached hydrogens (tertiary/aromatic N) is 1. The molecule has 0 unspecified atom stereocenters. The maximum atomic E-state index is 13.8. The minimum Gasteiger partial charge on any atom is -0.481 e. The van der Waals surface area contributed by atoms with E-state index in [2.05, 4.69) is 0 Å². The summed E-state index contributed by atoms with van der Waals surface area (Å²) in [7, 11) is 0. The van der Waals surface area contributed by atoms with Crippen LogP contribution < -0.4 is 0 Å². The molecule has 1 fully saturated rings. The second kappa shape index (κ2) is 7.52. The Hall–Kier alpha value is -1.94. The van der Waals surface area contributed by atoms with E-state index < -0.39 is 29.4 Å². The molecular weight excluding hydrogens is 382 g/mol. The highest BCUT2D eigenvalue weighted by atomic mass is 32.2. The van der Waals surface area contributed by atoms with Crippen LogP contribution in [0.15, 0.2) is 23.1 Å². The lowest BCUT2D eigenvalue weighted by Gasteiger charge is -2.13. The first-order valence-corrected chi connectivity index (χ1v) is 8.16. The second-order valence-electron chi connectivity index (χ2n) is 5.06. The summed E-state index contributed by atoms with van der Waals surface area (Å²) < 4.78 is 52.1. The van der Waals surface area contributed by atoms with Crippen LogP contribution >= 0.6 is 24.0 Å². The number of carboxylic acids is 1. The van der Waals surface area contributed by atoms with Crippen molar-refractivity contribution in [2.45, 2.75) is 19.0 Å². The molecule has 0 bridgehead atoms. The SMILES string of the molecule is O=C(O)CCCN1C(=O)/C(=C/c2cc(C(F)(F)F)ccc2F)SC1=S. The standard InChI is InChI=1S/C15H11F4NO3S2/c16-10-4-3-9(15(17,18)19)6-8(10)7-11-13(23)20(14(24)25-11)5-1-2-12(21)22/h3-4,6-7H,1-2,5H2,(H,21,22)/b11-7-. The molecule has 1 aliphatic rings. The highest BCUT2D eigenvalue weighted by Gasteiger charge is 2.33. The minimum atomic E-state index is -4.63. The zero-order valence-corrected chi connectivity index (χ0v) is 14.1. The molecule has 0 radical (unpaired) electrons. The molecule has 10 heteroatoms. The first-order chi connectivity index (χ1) is 11.6. The molecule has 1 aromatic carbocycles. The predicted octanol–water partition coefficient (Wildman–Crippen LogP) is 3.91. The monoisotopic (exact) mass is 393 g/mol. The Balaban J connectivity index is 2.23. The van der Waals surface area contributed by atoms with Crippen LogP contribution in [0.25, 0.3) is 6.08 Å². The molecule has 0 atom stereocenters. The number of benzene rings is 1. The molecule has 1 saturated heterocycles. The molecule has 0 spiro atoms. The summed E-state index contributed by atoms with van der Waals surface area (Å²) in [5, 5.41) is 8.60. The van der Waals surface area contributed by atoms with Crippen molar-refractivity contribution >= 4 is 46.3 Å². The van der Waals surface area contributed by atoms with Gasteiger partial charge in [-0.1, -0.05) is 24.0 Å². The number of thiocarbonyl (C=S) groups is 1. The molecule has 1 heterocycles. The van der Waals surface area contributed by atoms with Crippen molar-refractivity contribution in [1.29, 1.82) is 0 Å². The van der Waals surface area contributed by atoms with Gasteiger partial charge in [-0.15, -0.1) is 0 Å². The summed E-state index contributed by atoms with van der Waals surface area (Å²) in [6, 6.07) is 1.92. The van der Waals surface area contributed by atoms with E-state index in [1.54, 1.807) is 0 Å². The fourth-order valence-corrected chi connectivity index (χ4v) is 3.35. The van der Waals surface area contributed by atoms with Crippen LogP contribution in [0.5, 0.6) is 0 Å². The number of amides is 1. The molecule has 134 valence electrons. The Labute approximate surface area is 149 Å². The summed E-state index contributed by atoms with van der Waals surface area (Å²) in [5.41, 5.74) is -1.40. The Morgan fingerprint density at radius 3 is 2.64 bits per heavy atom. The van der Waals surface area contributed by atoms with Crippen molar-refractivity contribution in [1.82, 2.24) is 4.90 Å². The number of carbonyl (C=O) groups excluding carboxylic acids is 1. The van der Waals surface area contributed by atoms with Gasteiger partial charge >= 0.3 is 12.1 Å². The number of hydrogen-bond donors (Lipinski definition) is 1. The number of carbonyl (C=O) groups is 2. The topological polar surface area (TPSA) is 57.6 Å². The number of alkyl halides is 3. The van der Waals surface area contributed by atoms with Gasteiger partial charge in [0.05, 0.1) is 10.5 Å². The molecule has 25 heavy (non-hydrogen) atoms. The van der Waals surface area contributed by atoms with Crippen molar-refractivity contribution < 1.29 is 32.3 Å². The third-order valence-corrected chi connectivity index (χ3v) is 4.63. The van der Waals surface area contributed by atoms with E-state index in [4.69, 9.17) is 17.3 Å². The fourth-order valence-electron chi connectivity index (χ4n) is 2.05. The van der Waals surface area contributed by atoms with Gasteiger partial charge in [0.25, 0.3) is 5.91 Å². The van der Waals surface area contributed by atoms with E-state index in [-0.39, 0.29) is 34.2 Å². The molecule has 1 amide bonds. The molecule has 1 N–H and O–H groups in total. The van der Waals surface area contributed by atoms with Crippen molar-refractivity contribution in [3.63, 3.8) is 0 Å². The third-order valence-electron chi connectivity index (χ3n) is 3.26. The lowest BCUT2D eigenvalue weighted by atomic mass is 10.1. The van der Waals surface area contributed by atoms with Crippen LogP contribution in [-0.4, -0.2) is 32.7 Å². The summed E-state index contributed by atoms with van der Waals surface area (Å²) >= 11 is 5.84. The third kappa shape index (κ3) is 4.79. The van der Waals surface area contributed by atoms with Gasteiger partial charge in [0.15, 0.2) is 0 Å². The first kappa shape index (κ1) is 19.4. The minimum absolute atomic E-state index is 0.0152. The van der Waals surface area contributed by atoms with E-state index >= 15 is 0 Å². The molecule has 0 saturated carbocycles.